The molecule has 18 nitrogen and oxygen atoms in total. The fourth-order valence-corrected chi connectivity index (χ4v) is 7.48. The number of hydrogen-bond acceptors (Lipinski definition) is 16. The van der Waals surface area contributed by atoms with E-state index in [2.05, 4.69) is 25.4 Å². The highest BCUT2D eigenvalue weighted by Gasteiger charge is 2.57. The first kappa shape index (κ1) is 39.4. The number of alkyl halides is 1. The first-order chi connectivity index (χ1) is 25.2. The van der Waals surface area contributed by atoms with E-state index in [1.165, 1.54) is 12.5 Å². The van der Waals surface area contributed by atoms with Gasteiger partial charge in [-0.3, -0.25) is 24.0 Å². The van der Waals surface area contributed by atoms with Crippen LogP contribution >= 0.6 is 22.9 Å². The number of hydrogen-bond donors (Lipinski definition) is 2. The molecule has 3 atom stereocenters. The minimum Gasteiger partial charge on any atom is -0.538 e. The summed E-state index contributed by atoms with van der Waals surface area (Å²) in [5.41, 5.74) is -0.946. The Morgan fingerprint density at radius 2 is 1.94 bits per heavy atom. The zero-order chi connectivity index (χ0) is 38.4. The van der Waals surface area contributed by atoms with Crippen molar-refractivity contribution in [3.63, 3.8) is 0 Å². The molecule has 2 radical (unpaired) electrons. The molecule has 5 rings (SSSR count). The summed E-state index contributed by atoms with van der Waals surface area (Å²) in [6, 6.07) is 5.33. The van der Waals surface area contributed by atoms with E-state index in [-0.39, 0.29) is 47.1 Å². The normalized spacial score (nSPS) is 20.0. The van der Waals surface area contributed by atoms with E-state index >= 15 is 0 Å². The SMILES string of the molecule is [B]OC(=O)/C(=C\B1OCO1)O/N=C(\C(=O)N[C@@H]1C(=O)N2C(C(=O)OCc3ccc(OC)cc3)=C(CCl)CS(=O)[C@H]12)c1csc(NC(=O)OC(C)(C)C)n1. The first-order valence-electron chi connectivity index (χ1n) is 15.4. The molecule has 3 amide bonds. The van der Waals surface area contributed by atoms with Gasteiger partial charge in [0.2, 0.25) is 5.76 Å². The van der Waals surface area contributed by atoms with Crippen molar-refractivity contribution in [3.05, 3.63) is 63.9 Å². The largest absolute Gasteiger partial charge is 0.538 e. The van der Waals surface area contributed by atoms with Gasteiger partial charge in [0.25, 0.3) is 11.8 Å². The molecular weight excluding hydrogens is 760 g/mol. The van der Waals surface area contributed by atoms with E-state index in [0.717, 1.165) is 22.2 Å². The van der Waals surface area contributed by atoms with Crippen molar-refractivity contribution in [1.29, 1.82) is 0 Å². The Hall–Kier alpha value is -4.76. The molecule has 2 fully saturated rings. The van der Waals surface area contributed by atoms with Crippen molar-refractivity contribution in [2.45, 2.75) is 44.4 Å². The van der Waals surface area contributed by atoms with Crippen LogP contribution in [0.5, 0.6) is 5.75 Å². The van der Waals surface area contributed by atoms with Crippen LogP contribution in [0, 0.1) is 0 Å². The molecule has 1 aromatic heterocycles. The molecule has 53 heavy (non-hydrogen) atoms. The number of benzene rings is 1. The number of thiazole rings is 1. The number of rotatable bonds is 13. The molecule has 2 aromatic rings. The zero-order valence-corrected chi connectivity index (χ0v) is 30.8. The number of ether oxygens (including phenoxy) is 3. The van der Waals surface area contributed by atoms with Gasteiger partial charge in [-0.25, -0.2) is 19.4 Å². The molecule has 1 unspecified atom stereocenters. The van der Waals surface area contributed by atoms with Crippen LogP contribution in [-0.2, 0) is 64.9 Å². The van der Waals surface area contributed by atoms with Crippen molar-refractivity contribution >= 4 is 89.6 Å². The van der Waals surface area contributed by atoms with Crippen molar-refractivity contribution in [3.8, 4) is 5.75 Å². The Labute approximate surface area is 315 Å². The maximum absolute atomic E-state index is 13.8. The monoisotopic (exact) mass is 789 g/mol. The molecule has 0 aliphatic carbocycles. The van der Waals surface area contributed by atoms with E-state index in [9.17, 15) is 28.2 Å². The summed E-state index contributed by atoms with van der Waals surface area (Å²) in [6.45, 7) is 4.77. The fourth-order valence-electron chi connectivity index (χ4n) is 4.78. The summed E-state index contributed by atoms with van der Waals surface area (Å²) < 4.78 is 43.6. The Bertz CT molecular complexity index is 1900. The van der Waals surface area contributed by atoms with Crippen LogP contribution in [0.1, 0.15) is 32.0 Å². The number of fused-ring (bicyclic) bond motifs is 1. The zero-order valence-electron chi connectivity index (χ0n) is 28.4. The van der Waals surface area contributed by atoms with E-state index in [0.29, 0.717) is 11.3 Å². The van der Waals surface area contributed by atoms with Crippen LogP contribution in [0.15, 0.2) is 57.8 Å². The molecule has 2 N–H and O–H groups in total. The smallest absolute Gasteiger partial charge is 0.493 e. The van der Waals surface area contributed by atoms with Crippen molar-refractivity contribution in [2.75, 3.05) is 30.9 Å². The highest BCUT2D eigenvalue weighted by atomic mass is 35.5. The average Bonchev–Trinajstić information content (AvgIpc) is 3.56. The third-order valence-corrected chi connectivity index (χ3v) is 9.98. The molecule has 4 heterocycles. The minimum absolute atomic E-state index is 0.0148. The number of nitrogens with zero attached hydrogens (tertiary/aromatic N) is 3. The van der Waals surface area contributed by atoms with Crippen LogP contribution in [0.4, 0.5) is 9.93 Å². The number of nitrogens with one attached hydrogen (secondary N) is 2. The predicted molar refractivity (Wildman–Crippen MR) is 188 cm³/mol. The number of anilines is 1. The topological polar surface area (TPSA) is 220 Å². The molecule has 0 saturated carbocycles. The summed E-state index contributed by atoms with van der Waals surface area (Å²) in [5, 5.41) is 8.77. The number of esters is 1. The van der Waals surface area contributed by atoms with Crippen LogP contribution in [0.25, 0.3) is 0 Å². The van der Waals surface area contributed by atoms with Gasteiger partial charge >= 0.3 is 33.2 Å². The minimum atomic E-state index is -1.83. The lowest BCUT2D eigenvalue weighted by Crippen LogP contribution is -2.74. The van der Waals surface area contributed by atoms with Gasteiger partial charge in [0, 0.05) is 11.3 Å². The standard InChI is InChI=1S/C30H30B2ClN5O13S2/c1-30(2,3)49-29(43)36-28-34-18(12-52-28)20(37-51-19(26(41)50-31)9-32-47-14-48-32)23(39)35-21-24(40)38-22(16(10-33)13-53(44)25(21)38)27(42)46-11-15-5-7-17(45-4)8-6-15/h5-9,12,21,25H,10-11,13-14H2,1-4H3,(H,35,39)(H,34,36,43)/b19-9+,37-20-/t21-,25-,53?/m1/s1. The lowest BCUT2D eigenvalue weighted by molar-refractivity contribution is -0.153. The summed E-state index contributed by atoms with van der Waals surface area (Å²) in [5.74, 6) is -3.39. The molecule has 1 aromatic carbocycles. The van der Waals surface area contributed by atoms with Crippen LogP contribution in [0.3, 0.4) is 0 Å². The third-order valence-electron chi connectivity index (χ3n) is 7.24. The molecule has 3 aliphatic heterocycles. The number of methoxy groups -OCH3 is 1. The average molecular weight is 790 g/mol. The van der Waals surface area contributed by atoms with E-state index in [1.807, 2.05) is 0 Å². The molecule has 23 heteroatoms. The lowest BCUT2D eigenvalue weighted by Gasteiger charge is -2.49. The quantitative estimate of drug-likeness (QED) is 0.0429. The van der Waals surface area contributed by atoms with Crippen LogP contribution < -0.4 is 15.4 Å². The van der Waals surface area contributed by atoms with Crippen molar-refractivity contribution < 1.29 is 61.2 Å². The molecular formula is C30H30B2ClN5O13S2. The second kappa shape index (κ2) is 16.9. The number of β-lactam (4-membered cyclic amide) rings is 1. The van der Waals surface area contributed by atoms with Gasteiger partial charge in [0.1, 0.15) is 47.6 Å². The van der Waals surface area contributed by atoms with Gasteiger partial charge < -0.3 is 38.3 Å². The van der Waals surface area contributed by atoms with Crippen LogP contribution in [-0.4, -0.2) is 107 Å². The fraction of sp³-hybridized carbons (Fsp3) is 0.367. The van der Waals surface area contributed by atoms with E-state index < -0.39 is 76.3 Å². The highest BCUT2D eigenvalue weighted by molar-refractivity contribution is 7.86. The van der Waals surface area contributed by atoms with E-state index in [4.69, 9.17) is 48.0 Å². The predicted octanol–water partition coefficient (Wildman–Crippen LogP) is 1.41. The van der Waals surface area contributed by atoms with Crippen LogP contribution in [0.2, 0.25) is 0 Å². The van der Waals surface area contributed by atoms with Gasteiger partial charge in [-0.05, 0) is 50.0 Å². The number of aromatic nitrogens is 1. The summed E-state index contributed by atoms with van der Waals surface area (Å²) >= 11 is 6.98. The molecule has 278 valence electrons. The maximum Gasteiger partial charge on any atom is 0.493 e. The molecule has 3 aliphatic rings. The van der Waals surface area contributed by atoms with Gasteiger partial charge in [-0.2, -0.15) is 0 Å². The number of oxime groups is 1. The summed E-state index contributed by atoms with van der Waals surface area (Å²) in [6.07, 6.45) is -0.836. The summed E-state index contributed by atoms with van der Waals surface area (Å²) in [4.78, 5) is 75.7. The van der Waals surface area contributed by atoms with Gasteiger partial charge in [-0.15, -0.1) is 22.9 Å². The molecule has 2 saturated heterocycles. The third kappa shape index (κ3) is 9.43. The Balaban J connectivity index is 1.37. The van der Waals surface area contributed by atoms with Gasteiger partial charge in [0.15, 0.2) is 10.8 Å². The highest BCUT2D eigenvalue weighted by Crippen LogP contribution is 2.36. The van der Waals surface area contributed by atoms with E-state index in [1.54, 1.807) is 45.0 Å². The second-order valence-electron chi connectivity index (χ2n) is 12.0. The Kier molecular flexibility index (Phi) is 12.6. The van der Waals surface area contributed by atoms with Gasteiger partial charge in [-0.1, -0.05) is 17.3 Å². The Morgan fingerprint density at radius 1 is 1.23 bits per heavy atom. The Morgan fingerprint density at radius 3 is 2.55 bits per heavy atom. The lowest BCUT2D eigenvalue weighted by atomic mass is 9.87. The molecule has 0 bridgehead atoms. The number of carbonyl (C=O) groups excluding carboxylic acids is 5. The first-order valence-corrected chi connectivity index (χ1v) is 18.2. The summed E-state index contributed by atoms with van der Waals surface area (Å²) in [7, 11) is 3.68. The number of halogens is 1. The second-order valence-corrected chi connectivity index (χ2v) is 14.7. The number of carbonyl (C=O) groups is 5. The van der Waals surface area contributed by atoms with Crippen molar-refractivity contribution in [2.24, 2.45) is 5.16 Å². The van der Waals surface area contributed by atoms with Gasteiger partial charge in [0.05, 0.1) is 23.7 Å². The molecule has 0 spiro atoms. The maximum atomic E-state index is 13.8. The number of amides is 3. The van der Waals surface area contributed by atoms with Crippen molar-refractivity contribution in [1.82, 2.24) is 15.2 Å².